The Hall–Kier alpha value is -3.67. The molecule has 3 fully saturated rings. The predicted octanol–water partition coefficient (Wildman–Crippen LogP) is 4.14. The lowest BCUT2D eigenvalue weighted by molar-refractivity contribution is -0.133. The first-order chi connectivity index (χ1) is 19.7. The number of ether oxygens (including phenoxy) is 1. The average molecular weight is 586 g/mol. The minimum Gasteiger partial charge on any atom is -0.480 e. The van der Waals surface area contributed by atoms with Crippen LogP contribution in [0, 0.1) is 5.92 Å². The Morgan fingerprint density at radius 3 is 2.78 bits per heavy atom. The molecule has 3 aliphatic heterocycles. The number of likely N-dealkylation sites (N-methyl/N-ethyl adjacent to an activating group) is 1. The van der Waals surface area contributed by atoms with Crippen LogP contribution < -0.4 is 25.8 Å². The van der Waals surface area contributed by atoms with E-state index in [1.807, 2.05) is 16.7 Å². The van der Waals surface area contributed by atoms with E-state index in [2.05, 4.69) is 15.6 Å². The Bertz CT molecular complexity index is 1630. The van der Waals surface area contributed by atoms with E-state index in [1.54, 1.807) is 25.2 Å². The number of anilines is 4. The van der Waals surface area contributed by atoms with Crippen LogP contribution in [0.15, 0.2) is 29.2 Å². The third-order valence-corrected chi connectivity index (χ3v) is 9.02. The summed E-state index contributed by atoms with van der Waals surface area (Å²) in [5.41, 5.74) is 0.928. The van der Waals surface area contributed by atoms with E-state index in [9.17, 15) is 18.4 Å². The molecule has 2 bridgehead atoms. The van der Waals surface area contributed by atoms with Crippen LogP contribution in [-0.4, -0.2) is 69.1 Å². The van der Waals surface area contributed by atoms with Gasteiger partial charge in [0.05, 0.1) is 29.5 Å². The lowest BCUT2D eigenvalue weighted by Gasteiger charge is -2.40. The number of aryl methyl sites for hydroxylation is 1. The van der Waals surface area contributed by atoms with Crippen LogP contribution in [0.3, 0.4) is 0 Å². The normalized spacial score (nSPS) is 25.0. The molecule has 0 spiro atoms. The number of amides is 1. The van der Waals surface area contributed by atoms with Crippen molar-refractivity contribution in [2.75, 3.05) is 35.2 Å². The van der Waals surface area contributed by atoms with Gasteiger partial charge in [-0.3, -0.25) is 9.59 Å². The van der Waals surface area contributed by atoms with Crippen molar-refractivity contribution in [2.45, 2.75) is 56.7 Å². The van der Waals surface area contributed by atoms with Crippen molar-refractivity contribution in [1.29, 1.82) is 0 Å². The van der Waals surface area contributed by atoms with Gasteiger partial charge in [0.15, 0.2) is 12.4 Å². The van der Waals surface area contributed by atoms with Gasteiger partial charge in [0.1, 0.15) is 11.1 Å². The van der Waals surface area contributed by atoms with Gasteiger partial charge in [-0.25, -0.2) is 13.8 Å². The van der Waals surface area contributed by atoms with Gasteiger partial charge >= 0.3 is 5.92 Å². The van der Waals surface area contributed by atoms with Crippen LogP contribution in [0.2, 0.25) is 5.02 Å². The number of pyridine rings is 1. The molecule has 2 saturated heterocycles. The Morgan fingerprint density at radius 1 is 1.22 bits per heavy atom. The fourth-order valence-corrected chi connectivity index (χ4v) is 6.58. The second-order valence-electron chi connectivity index (χ2n) is 11.3. The number of carbonyl (C=O) groups is 1. The molecule has 7 rings (SSSR count). The number of piperazine rings is 1. The molecule has 3 atom stereocenters. The van der Waals surface area contributed by atoms with Crippen molar-refractivity contribution in [3.05, 3.63) is 39.8 Å². The lowest BCUT2D eigenvalue weighted by atomic mass is 10.0. The fourth-order valence-electron chi connectivity index (χ4n) is 6.44. The second kappa shape index (κ2) is 9.43. The first-order valence-electron chi connectivity index (χ1n) is 14.0. The molecule has 3 aromatic rings. The molecule has 2 N–H and O–H groups in total. The standard InChI is InChI=1S/C28H30ClF2N7O3/c1-3-37-12-16-7-9-20(25(37)39)38(16)27-32-11-18(29)24(35-27)33-15-6-8-19-17(10-15)21-22(26(40)36(19)2)41-13-28(30,31)23(34-21)14-4-5-14/h6,8,10-11,14,16,20,23,34H,3-5,7,9,12-13H2,1-2H3,(H,32,33,35)/t16-,20+,23-/m0/s1. The van der Waals surface area contributed by atoms with E-state index < -0.39 is 24.1 Å². The summed E-state index contributed by atoms with van der Waals surface area (Å²) in [4.78, 5) is 39.1. The lowest BCUT2D eigenvalue weighted by Crippen LogP contribution is -2.57. The first kappa shape index (κ1) is 26.2. The molecular weight excluding hydrogens is 556 g/mol. The number of fused-ring (bicyclic) bond motifs is 5. The number of hydrogen-bond acceptors (Lipinski definition) is 8. The molecule has 5 heterocycles. The topological polar surface area (TPSA) is 105 Å². The highest BCUT2D eigenvalue weighted by Gasteiger charge is 2.51. The largest absolute Gasteiger partial charge is 0.480 e. The van der Waals surface area contributed by atoms with Crippen LogP contribution in [0.5, 0.6) is 5.75 Å². The van der Waals surface area contributed by atoms with Crippen molar-refractivity contribution in [1.82, 2.24) is 19.4 Å². The van der Waals surface area contributed by atoms with Gasteiger partial charge in [-0.05, 0) is 56.7 Å². The number of hydrogen-bond donors (Lipinski definition) is 2. The van der Waals surface area contributed by atoms with Crippen molar-refractivity contribution in [3.8, 4) is 5.75 Å². The number of nitrogens with zero attached hydrogens (tertiary/aromatic N) is 5. The highest BCUT2D eigenvalue weighted by Crippen LogP contribution is 2.46. The van der Waals surface area contributed by atoms with Gasteiger partial charge < -0.3 is 29.7 Å². The Balaban J connectivity index is 1.25. The fraction of sp³-hybridized carbons (Fsp3) is 0.500. The minimum atomic E-state index is -3.12. The SMILES string of the molecule is CCN1C[C@@H]2CC[C@H](C1=O)N2c1ncc(Cl)c(Nc2ccc3c(c2)c2c(c(=O)n3C)OCC(F)(F)[C@H](C3CC3)N2)n1. The molecule has 41 heavy (non-hydrogen) atoms. The molecular formula is C28H30ClF2N7O3. The van der Waals surface area contributed by atoms with Gasteiger partial charge in [-0.1, -0.05) is 11.6 Å². The van der Waals surface area contributed by atoms with Gasteiger partial charge in [0.2, 0.25) is 17.6 Å². The number of alkyl halides is 2. The summed E-state index contributed by atoms with van der Waals surface area (Å²) >= 11 is 6.50. The zero-order chi connectivity index (χ0) is 28.6. The van der Waals surface area contributed by atoms with Crippen LogP contribution in [0.1, 0.15) is 32.6 Å². The Morgan fingerprint density at radius 2 is 2.02 bits per heavy atom. The van der Waals surface area contributed by atoms with Gasteiger partial charge in [0.25, 0.3) is 5.56 Å². The van der Waals surface area contributed by atoms with Crippen molar-refractivity contribution < 1.29 is 18.3 Å². The van der Waals surface area contributed by atoms with Gasteiger partial charge in [-0.15, -0.1) is 0 Å². The molecule has 1 amide bonds. The van der Waals surface area contributed by atoms with E-state index in [1.165, 1.54) is 10.8 Å². The summed E-state index contributed by atoms with van der Waals surface area (Å²) in [7, 11) is 1.59. The molecule has 10 nitrogen and oxygen atoms in total. The maximum atomic E-state index is 15.0. The number of nitrogens with one attached hydrogen (secondary N) is 2. The summed E-state index contributed by atoms with van der Waals surface area (Å²) in [6.07, 6.45) is 4.54. The molecule has 4 aliphatic rings. The number of likely N-dealkylation sites (tertiary alicyclic amines) is 1. The summed E-state index contributed by atoms with van der Waals surface area (Å²) in [5.74, 6) is -2.56. The van der Waals surface area contributed by atoms with Gasteiger partial charge in [0, 0.05) is 31.2 Å². The monoisotopic (exact) mass is 585 g/mol. The van der Waals surface area contributed by atoms with Crippen LogP contribution in [0.4, 0.5) is 31.9 Å². The molecule has 1 aliphatic carbocycles. The quantitative estimate of drug-likeness (QED) is 0.460. The molecule has 0 unspecified atom stereocenters. The molecule has 2 aromatic heterocycles. The third kappa shape index (κ3) is 4.25. The van der Waals surface area contributed by atoms with Gasteiger partial charge in [-0.2, -0.15) is 4.98 Å². The van der Waals surface area contributed by atoms with Crippen LogP contribution in [-0.2, 0) is 11.8 Å². The summed E-state index contributed by atoms with van der Waals surface area (Å²) in [5, 5.41) is 7.07. The van der Waals surface area contributed by atoms with Crippen LogP contribution in [0.25, 0.3) is 10.9 Å². The highest BCUT2D eigenvalue weighted by molar-refractivity contribution is 6.33. The molecule has 1 aromatic carbocycles. The average Bonchev–Trinajstić information content (AvgIpc) is 3.74. The smallest absolute Gasteiger partial charge is 0.301 e. The Kier molecular flexibility index (Phi) is 6.04. The van der Waals surface area contributed by atoms with Crippen LogP contribution >= 0.6 is 11.6 Å². The highest BCUT2D eigenvalue weighted by atomic mass is 35.5. The number of benzene rings is 1. The zero-order valence-corrected chi connectivity index (χ0v) is 23.4. The number of carbonyl (C=O) groups excluding carboxylic acids is 1. The number of aromatic nitrogens is 3. The van der Waals surface area contributed by atoms with E-state index in [0.29, 0.717) is 54.3 Å². The van der Waals surface area contributed by atoms with Crippen molar-refractivity contribution in [3.63, 3.8) is 0 Å². The summed E-state index contributed by atoms with van der Waals surface area (Å²) in [6.45, 7) is 2.42. The minimum absolute atomic E-state index is 0.0833. The predicted molar refractivity (Wildman–Crippen MR) is 152 cm³/mol. The van der Waals surface area contributed by atoms with E-state index in [4.69, 9.17) is 21.3 Å². The van der Waals surface area contributed by atoms with E-state index in [0.717, 1.165) is 12.8 Å². The zero-order valence-electron chi connectivity index (χ0n) is 22.7. The number of rotatable bonds is 5. The molecule has 1 saturated carbocycles. The maximum Gasteiger partial charge on any atom is 0.301 e. The third-order valence-electron chi connectivity index (χ3n) is 8.75. The van der Waals surface area contributed by atoms with Crippen molar-refractivity contribution in [2.24, 2.45) is 13.0 Å². The van der Waals surface area contributed by atoms with E-state index >= 15 is 0 Å². The molecule has 13 heteroatoms. The number of halogens is 3. The second-order valence-corrected chi connectivity index (χ2v) is 11.7. The summed E-state index contributed by atoms with van der Waals surface area (Å²) in [6, 6.07) is 3.99. The maximum absolute atomic E-state index is 15.0. The first-order valence-corrected chi connectivity index (χ1v) is 14.3. The van der Waals surface area contributed by atoms with E-state index in [-0.39, 0.29) is 40.4 Å². The Labute approximate surface area is 239 Å². The van der Waals surface area contributed by atoms with Crippen molar-refractivity contribution >= 4 is 51.6 Å². The molecule has 0 radical (unpaired) electrons. The summed E-state index contributed by atoms with van der Waals surface area (Å²) < 4.78 is 36.8. The molecule has 216 valence electrons.